The normalized spacial score (nSPS) is 13.9. The molecule has 0 rings (SSSR count). The van der Waals surface area contributed by atoms with Crippen LogP contribution in [-0.4, -0.2) is 40.5 Å². The number of carboxylic acids is 1. The maximum absolute atomic E-state index is 10.2. The Labute approximate surface area is 78.2 Å². The van der Waals surface area contributed by atoms with Crippen LogP contribution in [0.1, 0.15) is 20.3 Å². The van der Waals surface area contributed by atoms with E-state index in [9.17, 15) is 4.79 Å². The van der Waals surface area contributed by atoms with Crippen LogP contribution in [0.2, 0.25) is 0 Å². The van der Waals surface area contributed by atoms with Crippen molar-refractivity contribution >= 4 is 5.97 Å². The van der Waals surface area contributed by atoms with Crippen molar-refractivity contribution < 1.29 is 20.1 Å². The second-order valence-electron chi connectivity index (χ2n) is 2.70. The molecule has 0 radical (unpaired) electrons. The zero-order valence-electron chi connectivity index (χ0n) is 8.10. The van der Waals surface area contributed by atoms with Crippen LogP contribution < -0.4 is 5.73 Å². The van der Waals surface area contributed by atoms with Gasteiger partial charge in [-0.15, -0.1) is 0 Å². The Kier molecular flexibility index (Phi) is 10.8. The summed E-state index contributed by atoms with van der Waals surface area (Å²) in [5, 5.41) is 23.6. The Morgan fingerprint density at radius 1 is 1.38 bits per heavy atom. The molecule has 0 aliphatic heterocycles. The average Bonchev–Trinajstić information content (AvgIpc) is 2.15. The van der Waals surface area contributed by atoms with Gasteiger partial charge >= 0.3 is 5.97 Å². The smallest absolute Gasteiger partial charge is 0.320 e. The van der Waals surface area contributed by atoms with Crippen molar-refractivity contribution in [3.05, 3.63) is 0 Å². The molecule has 0 amide bonds. The third kappa shape index (κ3) is 9.26. The molecule has 2 atom stereocenters. The van der Waals surface area contributed by atoms with Crippen molar-refractivity contribution in [1.29, 1.82) is 0 Å². The molecule has 5 nitrogen and oxygen atoms in total. The van der Waals surface area contributed by atoms with Gasteiger partial charge in [-0.1, -0.05) is 20.3 Å². The summed E-state index contributed by atoms with van der Waals surface area (Å²) in [7, 11) is 0. The highest BCUT2D eigenvalue weighted by atomic mass is 16.4. The lowest BCUT2D eigenvalue weighted by Gasteiger charge is -2.11. The molecule has 0 aromatic heterocycles. The fourth-order valence-corrected chi connectivity index (χ4v) is 0.497. The zero-order chi connectivity index (χ0) is 10.9. The zero-order valence-corrected chi connectivity index (χ0v) is 8.10. The van der Waals surface area contributed by atoms with E-state index in [0.717, 1.165) is 6.42 Å². The van der Waals surface area contributed by atoms with Crippen molar-refractivity contribution in [1.82, 2.24) is 0 Å². The van der Waals surface area contributed by atoms with Gasteiger partial charge in [0, 0.05) is 0 Å². The van der Waals surface area contributed by atoms with Crippen molar-refractivity contribution in [3.63, 3.8) is 0 Å². The molecule has 0 fully saturated rings. The molecule has 2 unspecified atom stereocenters. The van der Waals surface area contributed by atoms with Gasteiger partial charge in [0.1, 0.15) is 6.04 Å². The monoisotopic (exact) mass is 193 g/mol. The van der Waals surface area contributed by atoms with Gasteiger partial charge in [-0.2, -0.15) is 0 Å². The number of aliphatic hydroxyl groups excluding tert-OH is 2. The first-order valence-corrected chi connectivity index (χ1v) is 4.21. The number of carbonyl (C=O) groups is 1. The van der Waals surface area contributed by atoms with E-state index in [2.05, 4.69) is 0 Å². The van der Waals surface area contributed by atoms with Gasteiger partial charge in [-0.25, -0.2) is 0 Å². The Morgan fingerprint density at radius 2 is 1.77 bits per heavy atom. The lowest BCUT2D eigenvalue weighted by atomic mass is 10.0. The van der Waals surface area contributed by atoms with E-state index in [0.29, 0.717) is 0 Å². The highest BCUT2D eigenvalue weighted by molar-refractivity contribution is 5.73. The fraction of sp³-hybridized carbons (Fsp3) is 0.875. The van der Waals surface area contributed by atoms with Crippen molar-refractivity contribution in [2.75, 3.05) is 13.2 Å². The van der Waals surface area contributed by atoms with Crippen LogP contribution in [0.15, 0.2) is 0 Å². The first-order chi connectivity index (χ1) is 6.01. The molecule has 13 heavy (non-hydrogen) atoms. The molecule has 80 valence electrons. The predicted octanol–water partition coefficient (Wildman–Crippen LogP) is -0.585. The summed E-state index contributed by atoms with van der Waals surface area (Å²) in [6, 6.07) is -0.699. The van der Waals surface area contributed by atoms with Gasteiger partial charge < -0.3 is 21.1 Å². The summed E-state index contributed by atoms with van der Waals surface area (Å²) < 4.78 is 0. The predicted molar refractivity (Wildman–Crippen MR) is 49.2 cm³/mol. The van der Waals surface area contributed by atoms with Gasteiger partial charge in [0.25, 0.3) is 0 Å². The fourth-order valence-electron chi connectivity index (χ4n) is 0.497. The minimum absolute atomic E-state index is 0.0718. The minimum Gasteiger partial charge on any atom is -0.480 e. The molecule has 5 N–H and O–H groups in total. The van der Waals surface area contributed by atoms with Gasteiger partial charge in [-0.3, -0.25) is 4.79 Å². The molecule has 0 aromatic rings. The van der Waals surface area contributed by atoms with E-state index in [1.165, 1.54) is 0 Å². The standard InChI is InChI=1S/C6H13NO2.C2H6O2/c1-3-4(2)5(7)6(8)9;3-1-2-4/h4-5H,3,7H2,1-2H3,(H,8,9);3-4H,1-2H2. The van der Waals surface area contributed by atoms with E-state index >= 15 is 0 Å². The second-order valence-corrected chi connectivity index (χ2v) is 2.70. The first kappa shape index (κ1) is 14.9. The van der Waals surface area contributed by atoms with Crippen molar-refractivity contribution in [3.8, 4) is 0 Å². The van der Waals surface area contributed by atoms with Gasteiger partial charge in [0.2, 0.25) is 0 Å². The molecule has 0 aliphatic carbocycles. The lowest BCUT2D eigenvalue weighted by Crippen LogP contribution is -2.36. The van der Waals surface area contributed by atoms with Crippen LogP contribution in [0.5, 0.6) is 0 Å². The topological polar surface area (TPSA) is 104 Å². The lowest BCUT2D eigenvalue weighted by molar-refractivity contribution is -0.139. The molecule has 0 saturated carbocycles. The summed E-state index contributed by atoms with van der Waals surface area (Å²) in [4.78, 5) is 10.2. The van der Waals surface area contributed by atoms with Gasteiger partial charge in [0.05, 0.1) is 13.2 Å². The highest BCUT2D eigenvalue weighted by Gasteiger charge is 2.17. The molecular formula is C8H19NO4. The average molecular weight is 193 g/mol. The van der Waals surface area contributed by atoms with E-state index in [4.69, 9.17) is 21.1 Å². The number of nitrogens with two attached hydrogens (primary N) is 1. The van der Waals surface area contributed by atoms with Crippen LogP contribution in [0.4, 0.5) is 0 Å². The Morgan fingerprint density at radius 3 is 1.85 bits per heavy atom. The SMILES string of the molecule is CCC(C)C(N)C(=O)O.OCCO. The largest absolute Gasteiger partial charge is 0.480 e. The molecule has 5 heteroatoms. The number of aliphatic carboxylic acids is 1. The number of rotatable bonds is 4. The molecule has 0 aliphatic rings. The van der Waals surface area contributed by atoms with Crippen LogP contribution in [0, 0.1) is 5.92 Å². The van der Waals surface area contributed by atoms with E-state index in [1.54, 1.807) is 0 Å². The van der Waals surface area contributed by atoms with Crippen LogP contribution in [-0.2, 0) is 4.79 Å². The second kappa shape index (κ2) is 9.44. The van der Waals surface area contributed by atoms with Crippen molar-refractivity contribution in [2.24, 2.45) is 11.7 Å². The Bertz CT molecular complexity index is 127. The third-order valence-electron chi connectivity index (χ3n) is 1.64. The summed E-state index contributed by atoms with van der Waals surface area (Å²) >= 11 is 0. The Hall–Kier alpha value is -0.650. The van der Waals surface area contributed by atoms with Crippen LogP contribution in [0.25, 0.3) is 0 Å². The van der Waals surface area contributed by atoms with Gasteiger partial charge in [0.15, 0.2) is 0 Å². The van der Waals surface area contributed by atoms with Crippen LogP contribution in [0.3, 0.4) is 0 Å². The van der Waals surface area contributed by atoms with E-state index in [1.807, 2.05) is 13.8 Å². The first-order valence-electron chi connectivity index (χ1n) is 4.21. The van der Waals surface area contributed by atoms with Crippen LogP contribution >= 0.6 is 0 Å². The summed E-state index contributed by atoms with van der Waals surface area (Å²) in [6.45, 7) is 3.51. The number of hydrogen-bond donors (Lipinski definition) is 4. The highest BCUT2D eigenvalue weighted by Crippen LogP contribution is 2.04. The molecule has 0 saturated heterocycles. The van der Waals surface area contributed by atoms with Crippen molar-refractivity contribution in [2.45, 2.75) is 26.3 Å². The number of hydrogen-bond acceptors (Lipinski definition) is 4. The maximum Gasteiger partial charge on any atom is 0.320 e. The maximum atomic E-state index is 10.2. The molecule has 0 bridgehead atoms. The summed E-state index contributed by atoms with van der Waals surface area (Å²) in [6.07, 6.45) is 0.813. The third-order valence-corrected chi connectivity index (χ3v) is 1.64. The molecule has 0 spiro atoms. The summed E-state index contributed by atoms with van der Waals surface area (Å²) in [5.41, 5.74) is 5.27. The number of carboxylic acid groups (broad SMARTS) is 1. The number of aliphatic hydroxyl groups is 2. The van der Waals surface area contributed by atoms with Gasteiger partial charge in [-0.05, 0) is 5.92 Å². The molecular weight excluding hydrogens is 174 g/mol. The minimum atomic E-state index is -0.913. The Balaban J connectivity index is 0. The molecule has 0 heterocycles. The summed E-state index contributed by atoms with van der Waals surface area (Å²) in [5.74, 6) is -0.841. The van der Waals surface area contributed by atoms with E-state index in [-0.39, 0.29) is 19.1 Å². The van der Waals surface area contributed by atoms with E-state index < -0.39 is 12.0 Å². The molecule has 0 aromatic carbocycles. The quantitative estimate of drug-likeness (QED) is 0.478.